The van der Waals surface area contributed by atoms with Gasteiger partial charge in [-0.1, -0.05) is 35.4 Å². The van der Waals surface area contributed by atoms with Crippen molar-refractivity contribution in [1.29, 1.82) is 0 Å². The van der Waals surface area contributed by atoms with Gasteiger partial charge in [-0.2, -0.15) is 0 Å². The first-order chi connectivity index (χ1) is 13.6. The predicted octanol–water partition coefficient (Wildman–Crippen LogP) is 6.02. The van der Waals surface area contributed by atoms with Crippen LogP contribution in [-0.4, -0.2) is 17.1 Å². The Hall–Kier alpha value is -2.10. The number of aromatic nitrogens is 1. The lowest BCUT2D eigenvalue weighted by Gasteiger charge is -2.31. The van der Waals surface area contributed by atoms with Crippen LogP contribution in [0.3, 0.4) is 0 Å². The molecule has 0 bridgehead atoms. The monoisotopic (exact) mass is 393 g/mol. The smallest absolute Gasteiger partial charge is 0.0737 e. The second-order valence-electron chi connectivity index (χ2n) is 8.02. The van der Waals surface area contributed by atoms with Crippen LogP contribution >= 0.6 is 11.6 Å². The first kappa shape index (κ1) is 19.2. The van der Waals surface area contributed by atoms with E-state index in [0.717, 1.165) is 28.2 Å². The second-order valence-corrected chi connectivity index (χ2v) is 8.46. The molecule has 1 aliphatic carbocycles. The van der Waals surface area contributed by atoms with Crippen LogP contribution in [0.5, 0.6) is 0 Å². The lowest BCUT2D eigenvalue weighted by atomic mass is 9.90. The van der Waals surface area contributed by atoms with Crippen molar-refractivity contribution >= 4 is 28.2 Å². The molecule has 1 fully saturated rings. The summed E-state index contributed by atoms with van der Waals surface area (Å²) in [7, 11) is 0. The SMILES string of the molecule is Cc1ccc(C)c(CNC2CCC(Nc3ccnc4cc(Cl)ccc34)CC2)c1. The van der Waals surface area contributed by atoms with E-state index in [-0.39, 0.29) is 0 Å². The first-order valence-electron chi connectivity index (χ1n) is 10.2. The minimum absolute atomic E-state index is 0.514. The summed E-state index contributed by atoms with van der Waals surface area (Å²) < 4.78 is 0. The third kappa shape index (κ3) is 4.48. The Morgan fingerprint density at radius 1 is 0.964 bits per heavy atom. The summed E-state index contributed by atoms with van der Waals surface area (Å²) in [5.41, 5.74) is 6.23. The van der Waals surface area contributed by atoms with Crippen LogP contribution in [0.25, 0.3) is 10.9 Å². The molecule has 3 aromatic rings. The maximum Gasteiger partial charge on any atom is 0.0737 e. The minimum atomic E-state index is 0.514. The van der Waals surface area contributed by atoms with Crippen LogP contribution in [0.2, 0.25) is 5.02 Å². The van der Waals surface area contributed by atoms with Crippen molar-refractivity contribution in [3.8, 4) is 0 Å². The van der Waals surface area contributed by atoms with Gasteiger partial charge in [0.15, 0.2) is 0 Å². The standard InChI is InChI=1S/C24H28ClN3/c1-16-3-4-17(2)18(13-16)15-27-20-6-8-21(9-7-20)28-23-11-12-26-24-14-19(25)5-10-22(23)24/h3-5,10-14,20-21,27H,6-9,15H2,1-2H3,(H,26,28). The van der Waals surface area contributed by atoms with Crippen molar-refractivity contribution < 1.29 is 0 Å². The molecule has 0 aliphatic heterocycles. The summed E-state index contributed by atoms with van der Waals surface area (Å²) >= 11 is 6.10. The second kappa shape index (κ2) is 8.50. The molecule has 0 radical (unpaired) electrons. The van der Waals surface area contributed by atoms with E-state index in [4.69, 9.17) is 11.6 Å². The average molecular weight is 394 g/mol. The van der Waals surface area contributed by atoms with E-state index in [2.05, 4.69) is 59.8 Å². The molecular formula is C24H28ClN3. The molecule has 2 aromatic carbocycles. The average Bonchev–Trinajstić information content (AvgIpc) is 2.70. The molecule has 3 nitrogen and oxygen atoms in total. The van der Waals surface area contributed by atoms with Crippen molar-refractivity contribution in [3.05, 3.63) is 70.4 Å². The highest BCUT2D eigenvalue weighted by molar-refractivity contribution is 6.31. The zero-order chi connectivity index (χ0) is 19.5. The molecule has 1 aliphatic rings. The van der Waals surface area contributed by atoms with Gasteiger partial charge in [-0.25, -0.2) is 0 Å². The van der Waals surface area contributed by atoms with Gasteiger partial charge in [0.25, 0.3) is 0 Å². The summed E-state index contributed by atoms with van der Waals surface area (Å²) in [4.78, 5) is 4.44. The van der Waals surface area contributed by atoms with E-state index < -0.39 is 0 Å². The van der Waals surface area contributed by atoms with Crippen molar-refractivity contribution in [3.63, 3.8) is 0 Å². The van der Waals surface area contributed by atoms with Crippen LogP contribution < -0.4 is 10.6 Å². The quantitative estimate of drug-likeness (QED) is 0.556. The molecule has 4 rings (SSSR count). The Bertz CT molecular complexity index is 961. The largest absolute Gasteiger partial charge is 0.382 e. The number of benzene rings is 2. The summed E-state index contributed by atoms with van der Waals surface area (Å²) in [6.07, 6.45) is 6.64. The number of rotatable bonds is 5. The van der Waals surface area contributed by atoms with E-state index >= 15 is 0 Å². The van der Waals surface area contributed by atoms with Crippen LogP contribution in [0, 0.1) is 13.8 Å². The highest BCUT2D eigenvalue weighted by Crippen LogP contribution is 2.28. The third-order valence-corrected chi connectivity index (χ3v) is 6.11. The zero-order valence-corrected chi connectivity index (χ0v) is 17.4. The van der Waals surface area contributed by atoms with Gasteiger partial charge >= 0.3 is 0 Å². The Labute approximate surface area is 172 Å². The molecule has 0 unspecified atom stereocenters. The Morgan fingerprint density at radius 2 is 1.75 bits per heavy atom. The van der Waals surface area contributed by atoms with E-state index in [0.29, 0.717) is 12.1 Å². The predicted molar refractivity (Wildman–Crippen MR) is 119 cm³/mol. The molecule has 0 atom stereocenters. The Balaban J connectivity index is 1.33. The number of hydrogen-bond acceptors (Lipinski definition) is 3. The molecule has 1 saturated carbocycles. The molecule has 1 aromatic heterocycles. The van der Waals surface area contributed by atoms with Gasteiger partial charge in [-0.3, -0.25) is 4.98 Å². The molecule has 28 heavy (non-hydrogen) atoms. The molecule has 0 spiro atoms. The van der Waals surface area contributed by atoms with Gasteiger partial charge in [0, 0.05) is 40.9 Å². The Kier molecular flexibility index (Phi) is 5.84. The molecule has 0 amide bonds. The Morgan fingerprint density at radius 3 is 2.57 bits per heavy atom. The fourth-order valence-electron chi connectivity index (χ4n) is 4.15. The number of fused-ring (bicyclic) bond motifs is 1. The van der Waals surface area contributed by atoms with Crippen molar-refractivity contribution in [2.24, 2.45) is 0 Å². The lowest BCUT2D eigenvalue weighted by molar-refractivity contribution is 0.353. The molecule has 1 heterocycles. The van der Waals surface area contributed by atoms with E-state index in [1.165, 1.54) is 42.4 Å². The number of hydrogen-bond donors (Lipinski definition) is 2. The number of halogens is 1. The molecule has 2 N–H and O–H groups in total. The van der Waals surface area contributed by atoms with E-state index in [1.54, 1.807) is 0 Å². The number of anilines is 1. The maximum atomic E-state index is 6.10. The lowest BCUT2D eigenvalue weighted by Crippen LogP contribution is -2.36. The molecule has 4 heteroatoms. The van der Waals surface area contributed by atoms with Crippen LogP contribution in [0.15, 0.2) is 48.7 Å². The number of nitrogens with one attached hydrogen (secondary N) is 2. The summed E-state index contributed by atoms with van der Waals surface area (Å²) in [6.45, 7) is 5.33. The van der Waals surface area contributed by atoms with Gasteiger partial charge in [0.2, 0.25) is 0 Å². The van der Waals surface area contributed by atoms with Crippen molar-refractivity contribution in [1.82, 2.24) is 10.3 Å². The molecule has 146 valence electrons. The first-order valence-corrected chi connectivity index (χ1v) is 10.6. The molecule has 0 saturated heterocycles. The summed E-state index contributed by atoms with van der Waals surface area (Å²) in [5.74, 6) is 0. The fourth-order valence-corrected chi connectivity index (χ4v) is 4.32. The zero-order valence-electron chi connectivity index (χ0n) is 16.6. The summed E-state index contributed by atoms with van der Waals surface area (Å²) in [5, 5.41) is 9.39. The fraction of sp³-hybridized carbons (Fsp3) is 0.375. The number of pyridine rings is 1. The van der Waals surface area contributed by atoms with Gasteiger partial charge in [-0.15, -0.1) is 0 Å². The highest BCUT2D eigenvalue weighted by atomic mass is 35.5. The van der Waals surface area contributed by atoms with E-state index in [1.807, 2.05) is 18.3 Å². The van der Waals surface area contributed by atoms with Crippen molar-refractivity contribution in [2.45, 2.75) is 58.2 Å². The van der Waals surface area contributed by atoms with Crippen LogP contribution in [0.1, 0.15) is 42.4 Å². The number of aryl methyl sites for hydroxylation is 2. The topological polar surface area (TPSA) is 37.0 Å². The highest BCUT2D eigenvalue weighted by Gasteiger charge is 2.21. The normalized spacial score (nSPS) is 19.7. The van der Waals surface area contributed by atoms with E-state index in [9.17, 15) is 0 Å². The minimum Gasteiger partial charge on any atom is -0.382 e. The van der Waals surface area contributed by atoms with Gasteiger partial charge in [0.1, 0.15) is 0 Å². The van der Waals surface area contributed by atoms with Gasteiger partial charge < -0.3 is 10.6 Å². The maximum absolute atomic E-state index is 6.10. The molecular weight excluding hydrogens is 366 g/mol. The van der Waals surface area contributed by atoms with Crippen LogP contribution in [-0.2, 0) is 6.54 Å². The number of nitrogens with zero attached hydrogens (tertiary/aromatic N) is 1. The van der Waals surface area contributed by atoms with Gasteiger partial charge in [0.05, 0.1) is 5.52 Å². The van der Waals surface area contributed by atoms with Crippen molar-refractivity contribution in [2.75, 3.05) is 5.32 Å². The third-order valence-electron chi connectivity index (χ3n) is 5.88. The van der Waals surface area contributed by atoms with Crippen LogP contribution in [0.4, 0.5) is 5.69 Å². The van der Waals surface area contributed by atoms with Gasteiger partial charge in [-0.05, 0) is 74.9 Å². The summed E-state index contributed by atoms with van der Waals surface area (Å²) in [6, 6.07) is 15.8.